The zero-order chi connectivity index (χ0) is 12.7. The SMILES string of the molecule is C=C(C(=O)O)C(CC(=O)O/C=C/C)C(=O)O. The summed E-state index contributed by atoms with van der Waals surface area (Å²) in [7, 11) is 0. The lowest BCUT2D eigenvalue weighted by atomic mass is 9.97. The number of carbonyl (C=O) groups is 3. The average Bonchev–Trinajstić information content (AvgIpc) is 2.21. The quantitative estimate of drug-likeness (QED) is 0.396. The van der Waals surface area contributed by atoms with Crippen molar-refractivity contribution in [3.05, 3.63) is 24.5 Å². The van der Waals surface area contributed by atoms with Gasteiger partial charge in [0.1, 0.15) is 0 Å². The zero-order valence-corrected chi connectivity index (χ0v) is 8.67. The van der Waals surface area contributed by atoms with E-state index in [2.05, 4.69) is 11.3 Å². The highest BCUT2D eigenvalue weighted by Gasteiger charge is 2.28. The van der Waals surface area contributed by atoms with Gasteiger partial charge in [-0.15, -0.1) is 0 Å². The second-order valence-electron chi connectivity index (χ2n) is 2.88. The van der Waals surface area contributed by atoms with Gasteiger partial charge in [0.25, 0.3) is 0 Å². The molecule has 88 valence electrons. The van der Waals surface area contributed by atoms with Gasteiger partial charge in [-0.3, -0.25) is 9.59 Å². The molecule has 0 aliphatic rings. The van der Waals surface area contributed by atoms with E-state index in [-0.39, 0.29) is 0 Å². The van der Waals surface area contributed by atoms with Crippen LogP contribution < -0.4 is 0 Å². The first-order valence-corrected chi connectivity index (χ1v) is 4.35. The number of carboxylic acid groups (broad SMARTS) is 2. The van der Waals surface area contributed by atoms with Gasteiger partial charge in [-0.25, -0.2) is 4.79 Å². The van der Waals surface area contributed by atoms with Crippen LogP contribution in [0.3, 0.4) is 0 Å². The third-order valence-electron chi connectivity index (χ3n) is 1.70. The molecule has 0 rings (SSSR count). The number of ether oxygens (including phenoxy) is 1. The summed E-state index contributed by atoms with van der Waals surface area (Å²) in [6.07, 6.45) is 1.97. The Morgan fingerprint density at radius 2 is 1.94 bits per heavy atom. The molecule has 2 N–H and O–H groups in total. The van der Waals surface area contributed by atoms with Crippen LogP contribution in [-0.2, 0) is 19.1 Å². The van der Waals surface area contributed by atoms with Gasteiger partial charge in [0, 0.05) is 5.57 Å². The lowest BCUT2D eigenvalue weighted by Crippen LogP contribution is -2.24. The van der Waals surface area contributed by atoms with E-state index in [1.54, 1.807) is 6.92 Å². The lowest BCUT2D eigenvalue weighted by Gasteiger charge is -2.10. The first-order chi connectivity index (χ1) is 7.40. The van der Waals surface area contributed by atoms with Crippen LogP contribution in [0.25, 0.3) is 0 Å². The predicted molar refractivity (Wildman–Crippen MR) is 53.4 cm³/mol. The van der Waals surface area contributed by atoms with Crippen molar-refractivity contribution in [3.63, 3.8) is 0 Å². The number of carbonyl (C=O) groups excluding carboxylic acids is 1. The van der Waals surface area contributed by atoms with Crippen LogP contribution in [0.4, 0.5) is 0 Å². The number of hydrogen-bond acceptors (Lipinski definition) is 4. The lowest BCUT2D eigenvalue weighted by molar-refractivity contribution is -0.148. The van der Waals surface area contributed by atoms with Gasteiger partial charge in [0.15, 0.2) is 0 Å². The predicted octanol–water partition coefficient (Wildman–Crippen LogP) is 0.795. The van der Waals surface area contributed by atoms with Gasteiger partial charge in [0.05, 0.1) is 18.6 Å². The fourth-order valence-electron chi connectivity index (χ4n) is 0.867. The van der Waals surface area contributed by atoms with Crippen molar-refractivity contribution in [1.82, 2.24) is 0 Å². The number of rotatable bonds is 6. The zero-order valence-electron chi connectivity index (χ0n) is 8.67. The largest absolute Gasteiger partial charge is 0.481 e. The summed E-state index contributed by atoms with van der Waals surface area (Å²) >= 11 is 0. The van der Waals surface area contributed by atoms with Gasteiger partial charge in [-0.2, -0.15) is 0 Å². The standard InChI is InChI=1S/C10H12O6/c1-3-4-16-8(11)5-7(10(14)15)6(2)9(12)13/h3-4,7H,2,5H2,1H3,(H,12,13)(H,14,15)/b4-3+. The maximum atomic E-state index is 11.1. The summed E-state index contributed by atoms with van der Waals surface area (Å²) in [5.41, 5.74) is -0.551. The molecule has 0 radical (unpaired) electrons. The number of aliphatic carboxylic acids is 2. The highest BCUT2D eigenvalue weighted by molar-refractivity contribution is 5.95. The smallest absolute Gasteiger partial charge is 0.331 e. The first-order valence-electron chi connectivity index (χ1n) is 4.35. The van der Waals surface area contributed by atoms with Crippen LogP contribution in [0.2, 0.25) is 0 Å². The molecule has 0 aromatic heterocycles. The summed E-state index contributed by atoms with van der Waals surface area (Å²) in [6, 6.07) is 0. The Hall–Kier alpha value is -2.11. The Morgan fingerprint density at radius 1 is 1.38 bits per heavy atom. The molecular formula is C10H12O6. The van der Waals surface area contributed by atoms with E-state index in [0.29, 0.717) is 0 Å². The highest BCUT2D eigenvalue weighted by Crippen LogP contribution is 2.15. The fourth-order valence-corrected chi connectivity index (χ4v) is 0.867. The fraction of sp³-hybridized carbons (Fsp3) is 0.300. The van der Waals surface area contributed by atoms with Gasteiger partial charge in [-0.05, 0) is 6.92 Å². The molecule has 0 saturated carbocycles. The van der Waals surface area contributed by atoms with Crippen molar-refractivity contribution in [3.8, 4) is 0 Å². The molecule has 6 nitrogen and oxygen atoms in total. The Morgan fingerprint density at radius 3 is 2.31 bits per heavy atom. The minimum absolute atomic E-state index is 0.551. The van der Waals surface area contributed by atoms with E-state index in [0.717, 1.165) is 6.26 Å². The molecule has 0 saturated heterocycles. The van der Waals surface area contributed by atoms with Crippen molar-refractivity contribution in [2.75, 3.05) is 0 Å². The molecule has 0 aliphatic carbocycles. The van der Waals surface area contributed by atoms with Gasteiger partial charge >= 0.3 is 17.9 Å². The van der Waals surface area contributed by atoms with E-state index in [1.807, 2.05) is 0 Å². The molecule has 0 heterocycles. The Balaban J connectivity index is 4.58. The maximum Gasteiger partial charge on any atom is 0.331 e. The summed E-state index contributed by atoms with van der Waals surface area (Å²) in [5, 5.41) is 17.3. The van der Waals surface area contributed by atoms with E-state index in [4.69, 9.17) is 10.2 Å². The summed E-state index contributed by atoms with van der Waals surface area (Å²) < 4.78 is 4.48. The van der Waals surface area contributed by atoms with E-state index in [1.165, 1.54) is 6.08 Å². The number of carboxylic acids is 2. The Bertz CT molecular complexity index is 341. The summed E-state index contributed by atoms with van der Waals surface area (Å²) in [4.78, 5) is 32.3. The average molecular weight is 228 g/mol. The highest BCUT2D eigenvalue weighted by atomic mass is 16.5. The van der Waals surface area contributed by atoms with Crippen molar-refractivity contribution >= 4 is 17.9 Å². The van der Waals surface area contributed by atoms with Crippen molar-refractivity contribution in [1.29, 1.82) is 0 Å². The van der Waals surface area contributed by atoms with Gasteiger partial charge in [-0.1, -0.05) is 12.7 Å². The number of hydrogen-bond donors (Lipinski definition) is 2. The third kappa shape index (κ3) is 4.41. The number of allylic oxidation sites excluding steroid dienone is 1. The van der Waals surface area contributed by atoms with Crippen LogP contribution in [-0.4, -0.2) is 28.1 Å². The third-order valence-corrected chi connectivity index (χ3v) is 1.70. The van der Waals surface area contributed by atoms with E-state index >= 15 is 0 Å². The molecule has 0 spiro atoms. The van der Waals surface area contributed by atoms with Crippen molar-refractivity contribution in [2.45, 2.75) is 13.3 Å². The topological polar surface area (TPSA) is 101 Å². The normalized spacial score (nSPS) is 12.1. The Labute approximate surface area is 91.8 Å². The molecule has 0 amide bonds. The van der Waals surface area contributed by atoms with Crippen LogP contribution in [0.15, 0.2) is 24.5 Å². The summed E-state index contributed by atoms with van der Waals surface area (Å²) in [6.45, 7) is 4.71. The molecule has 1 atom stereocenters. The molecule has 1 unspecified atom stereocenters. The molecule has 0 aliphatic heterocycles. The van der Waals surface area contributed by atoms with Gasteiger partial charge < -0.3 is 14.9 Å². The second kappa shape index (κ2) is 6.39. The van der Waals surface area contributed by atoms with Crippen molar-refractivity contribution in [2.24, 2.45) is 5.92 Å². The minimum atomic E-state index is -1.48. The minimum Gasteiger partial charge on any atom is -0.481 e. The number of esters is 1. The molecular weight excluding hydrogens is 216 g/mol. The monoisotopic (exact) mass is 228 g/mol. The molecule has 6 heteroatoms. The molecule has 0 bridgehead atoms. The van der Waals surface area contributed by atoms with Gasteiger partial charge in [0.2, 0.25) is 0 Å². The van der Waals surface area contributed by atoms with E-state index in [9.17, 15) is 14.4 Å². The van der Waals surface area contributed by atoms with Crippen molar-refractivity contribution < 1.29 is 29.3 Å². The van der Waals surface area contributed by atoms with Crippen LogP contribution in [0, 0.1) is 5.92 Å². The second-order valence-corrected chi connectivity index (χ2v) is 2.88. The molecule has 0 fully saturated rings. The molecule has 0 aromatic rings. The van der Waals surface area contributed by atoms with Crippen LogP contribution in [0.1, 0.15) is 13.3 Å². The van der Waals surface area contributed by atoms with Crippen LogP contribution in [0.5, 0.6) is 0 Å². The molecule has 0 aromatic carbocycles. The summed E-state index contributed by atoms with van der Waals surface area (Å²) in [5.74, 6) is -5.18. The maximum absolute atomic E-state index is 11.1. The Kier molecular flexibility index (Phi) is 5.55. The first kappa shape index (κ1) is 13.9. The van der Waals surface area contributed by atoms with E-state index < -0.39 is 35.8 Å². The van der Waals surface area contributed by atoms with Crippen LogP contribution >= 0.6 is 0 Å². The molecule has 16 heavy (non-hydrogen) atoms.